The second-order valence-electron chi connectivity index (χ2n) is 9.01. The number of carbonyl (C=O) groups is 1. The van der Waals surface area contributed by atoms with Crippen molar-refractivity contribution in [3.8, 4) is 0 Å². The van der Waals surface area contributed by atoms with Crippen LogP contribution in [-0.4, -0.2) is 56.0 Å². The SMILES string of the molecule is Cc1ccnc(CN2CC(F)(F)C[C@]3(CCCN(Cc4cc(C)nn4C)C3=O)C2)c1. The summed E-state index contributed by atoms with van der Waals surface area (Å²) in [4.78, 5) is 21.3. The molecule has 0 bridgehead atoms. The van der Waals surface area contributed by atoms with E-state index in [0.29, 0.717) is 32.6 Å². The average Bonchev–Trinajstić information content (AvgIpc) is 2.95. The summed E-state index contributed by atoms with van der Waals surface area (Å²) in [6, 6.07) is 5.75. The van der Waals surface area contributed by atoms with Gasteiger partial charge < -0.3 is 4.90 Å². The molecule has 0 saturated carbocycles. The number of aromatic nitrogens is 3. The third kappa shape index (κ3) is 4.24. The standard InChI is InChI=1S/C22H29F2N5O/c1-16-5-7-25-18(9-16)11-28-14-21(13-22(23,24)15-28)6-4-8-29(20(21)30)12-19-10-17(2)26-27(19)3/h5,7,9-10H,4,6,8,11-15H2,1-3H3/t21-/m1/s1. The Kier molecular flexibility index (Phi) is 5.38. The van der Waals surface area contributed by atoms with E-state index < -0.39 is 11.3 Å². The number of amides is 1. The molecule has 0 radical (unpaired) electrons. The first kappa shape index (κ1) is 20.9. The number of hydrogen-bond donors (Lipinski definition) is 0. The van der Waals surface area contributed by atoms with Crippen molar-refractivity contribution in [1.82, 2.24) is 24.6 Å². The highest BCUT2D eigenvalue weighted by atomic mass is 19.3. The van der Waals surface area contributed by atoms with Gasteiger partial charge in [-0.05, 0) is 50.5 Å². The number of hydrogen-bond acceptors (Lipinski definition) is 4. The van der Waals surface area contributed by atoms with Crippen molar-refractivity contribution in [1.29, 1.82) is 0 Å². The lowest BCUT2D eigenvalue weighted by Crippen LogP contribution is -2.60. The lowest BCUT2D eigenvalue weighted by molar-refractivity contribution is -0.171. The molecule has 1 spiro atoms. The van der Waals surface area contributed by atoms with Crippen LogP contribution in [0.2, 0.25) is 0 Å². The molecule has 4 rings (SSSR count). The monoisotopic (exact) mass is 417 g/mol. The minimum absolute atomic E-state index is 0.158. The molecular formula is C22H29F2N5O. The number of halogens is 2. The van der Waals surface area contributed by atoms with Crippen LogP contribution >= 0.6 is 0 Å². The molecule has 30 heavy (non-hydrogen) atoms. The zero-order chi connectivity index (χ0) is 21.5. The van der Waals surface area contributed by atoms with Gasteiger partial charge in [0.15, 0.2) is 0 Å². The van der Waals surface area contributed by atoms with E-state index in [4.69, 9.17) is 0 Å². The number of likely N-dealkylation sites (tertiary alicyclic amines) is 2. The van der Waals surface area contributed by atoms with Crippen LogP contribution in [0, 0.1) is 19.3 Å². The predicted molar refractivity (Wildman–Crippen MR) is 109 cm³/mol. The van der Waals surface area contributed by atoms with Gasteiger partial charge in [0.05, 0.1) is 35.6 Å². The minimum Gasteiger partial charge on any atom is -0.336 e. The Morgan fingerprint density at radius 2 is 1.97 bits per heavy atom. The Bertz CT molecular complexity index is 943. The van der Waals surface area contributed by atoms with Crippen LogP contribution in [-0.2, 0) is 24.9 Å². The first-order valence-electron chi connectivity index (χ1n) is 10.5. The third-order valence-electron chi connectivity index (χ3n) is 6.21. The van der Waals surface area contributed by atoms with Crippen molar-refractivity contribution in [2.75, 3.05) is 19.6 Å². The maximum atomic E-state index is 14.8. The van der Waals surface area contributed by atoms with Crippen LogP contribution in [0.25, 0.3) is 0 Å². The van der Waals surface area contributed by atoms with E-state index in [1.54, 1.807) is 20.7 Å². The Hall–Kier alpha value is -2.35. The maximum absolute atomic E-state index is 14.8. The van der Waals surface area contributed by atoms with Gasteiger partial charge in [-0.1, -0.05) is 0 Å². The lowest BCUT2D eigenvalue weighted by atomic mass is 9.71. The molecule has 2 aliphatic rings. The smallest absolute Gasteiger partial charge is 0.261 e. The van der Waals surface area contributed by atoms with Gasteiger partial charge in [-0.2, -0.15) is 5.10 Å². The molecule has 162 valence electrons. The van der Waals surface area contributed by atoms with Gasteiger partial charge in [0.2, 0.25) is 5.91 Å². The maximum Gasteiger partial charge on any atom is 0.261 e. The highest BCUT2D eigenvalue weighted by molar-refractivity contribution is 5.84. The molecular weight excluding hydrogens is 388 g/mol. The molecule has 2 saturated heterocycles. The van der Waals surface area contributed by atoms with E-state index in [9.17, 15) is 13.6 Å². The van der Waals surface area contributed by atoms with Gasteiger partial charge in [0, 0.05) is 39.3 Å². The van der Waals surface area contributed by atoms with Crippen LogP contribution in [0.5, 0.6) is 0 Å². The van der Waals surface area contributed by atoms with Gasteiger partial charge in [-0.25, -0.2) is 8.78 Å². The van der Waals surface area contributed by atoms with Crippen LogP contribution in [0.1, 0.15) is 41.9 Å². The van der Waals surface area contributed by atoms with E-state index in [2.05, 4.69) is 10.1 Å². The van der Waals surface area contributed by atoms with Crippen molar-refractivity contribution in [2.24, 2.45) is 12.5 Å². The quantitative estimate of drug-likeness (QED) is 0.767. The zero-order valence-electron chi connectivity index (χ0n) is 17.9. The van der Waals surface area contributed by atoms with Gasteiger partial charge in [0.1, 0.15) is 0 Å². The molecule has 0 aliphatic carbocycles. The molecule has 0 aromatic carbocycles. The molecule has 4 heterocycles. The summed E-state index contributed by atoms with van der Waals surface area (Å²) in [7, 11) is 1.85. The fourth-order valence-electron chi connectivity index (χ4n) is 5.07. The molecule has 2 aliphatic heterocycles. The average molecular weight is 418 g/mol. The first-order chi connectivity index (χ1) is 14.2. The van der Waals surface area contributed by atoms with E-state index in [0.717, 1.165) is 29.1 Å². The van der Waals surface area contributed by atoms with Gasteiger partial charge in [-0.15, -0.1) is 0 Å². The Balaban J connectivity index is 1.55. The summed E-state index contributed by atoms with van der Waals surface area (Å²) in [6.45, 7) is 5.20. The van der Waals surface area contributed by atoms with E-state index >= 15 is 0 Å². The molecule has 2 aromatic heterocycles. The van der Waals surface area contributed by atoms with Gasteiger partial charge in [-0.3, -0.25) is 19.4 Å². The summed E-state index contributed by atoms with van der Waals surface area (Å²) >= 11 is 0. The third-order valence-corrected chi connectivity index (χ3v) is 6.21. The fourth-order valence-corrected chi connectivity index (χ4v) is 5.07. The van der Waals surface area contributed by atoms with Gasteiger partial charge >= 0.3 is 0 Å². The summed E-state index contributed by atoms with van der Waals surface area (Å²) in [5.74, 6) is -3.06. The Morgan fingerprint density at radius 3 is 2.67 bits per heavy atom. The van der Waals surface area contributed by atoms with Crippen molar-refractivity contribution in [3.05, 3.63) is 47.0 Å². The summed E-state index contributed by atoms with van der Waals surface area (Å²) in [6.07, 6.45) is 2.55. The molecule has 2 aromatic rings. The molecule has 1 amide bonds. The highest BCUT2D eigenvalue weighted by Crippen LogP contribution is 2.45. The van der Waals surface area contributed by atoms with Crippen molar-refractivity contribution in [3.63, 3.8) is 0 Å². The Morgan fingerprint density at radius 1 is 1.17 bits per heavy atom. The number of rotatable bonds is 4. The van der Waals surface area contributed by atoms with E-state index in [1.807, 2.05) is 39.1 Å². The molecule has 0 N–H and O–H groups in total. The predicted octanol–water partition coefficient (Wildman–Crippen LogP) is 3.08. The normalized spacial score (nSPS) is 24.6. The van der Waals surface area contributed by atoms with E-state index in [1.165, 1.54) is 0 Å². The topological polar surface area (TPSA) is 54.3 Å². The second kappa shape index (κ2) is 7.72. The molecule has 6 nitrogen and oxygen atoms in total. The molecule has 1 atom stereocenters. The lowest BCUT2D eigenvalue weighted by Gasteiger charge is -2.49. The number of pyridine rings is 1. The summed E-state index contributed by atoms with van der Waals surface area (Å²) in [5.41, 5.74) is 2.56. The van der Waals surface area contributed by atoms with Crippen LogP contribution in [0.15, 0.2) is 24.4 Å². The van der Waals surface area contributed by atoms with E-state index in [-0.39, 0.29) is 18.9 Å². The molecule has 8 heteroatoms. The van der Waals surface area contributed by atoms with Crippen molar-refractivity contribution < 1.29 is 13.6 Å². The number of carbonyl (C=O) groups excluding carboxylic acids is 1. The van der Waals surface area contributed by atoms with Crippen LogP contribution < -0.4 is 0 Å². The number of piperidine rings is 2. The highest BCUT2D eigenvalue weighted by Gasteiger charge is 2.55. The van der Waals surface area contributed by atoms with Crippen molar-refractivity contribution >= 4 is 5.91 Å². The summed E-state index contributed by atoms with van der Waals surface area (Å²) in [5, 5.41) is 4.34. The van der Waals surface area contributed by atoms with Crippen molar-refractivity contribution in [2.45, 2.75) is 52.1 Å². The largest absolute Gasteiger partial charge is 0.336 e. The van der Waals surface area contributed by atoms with Gasteiger partial charge in [0.25, 0.3) is 5.92 Å². The first-order valence-corrected chi connectivity index (χ1v) is 10.5. The minimum atomic E-state index is -2.90. The van der Waals surface area contributed by atoms with Crippen LogP contribution in [0.3, 0.4) is 0 Å². The Labute approximate surface area is 175 Å². The zero-order valence-corrected chi connectivity index (χ0v) is 17.9. The summed E-state index contributed by atoms with van der Waals surface area (Å²) < 4.78 is 31.4. The second-order valence-corrected chi connectivity index (χ2v) is 9.01. The molecule has 0 unspecified atom stereocenters. The number of alkyl halides is 2. The number of aryl methyl sites for hydroxylation is 3. The fraction of sp³-hybridized carbons (Fsp3) is 0.591. The molecule has 2 fully saturated rings. The number of nitrogens with zero attached hydrogens (tertiary/aromatic N) is 5. The van der Waals surface area contributed by atoms with Crippen LogP contribution in [0.4, 0.5) is 8.78 Å².